The Bertz CT molecular complexity index is 1330. The molecule has 0 spiro atoms. The number of hydrogen-bond donors (Lipinski definition) is 2. The van der Waals surface area contributed by atoms with Gasteiger partial charge in [-0.1, -0.05) is 18.2 Å². The molecule has 0 fully saturated rings. The molecule has 1 atom stereocenters. The van der Waals surface area contributed by atoms with Crippen LogP contribution in [0, 0.1) is 0 Å². The molecule has 0 bridgehead atoms. The van der Waals surface area contributed by atoms with E-state index in [9.17, 15) is 8.42 Å². The highest BCUT2D eigenvalue weighted by atomic mass is 32.2. The highest BCUT2D eigenvalue weighted by Crippen LogP contribution is 2.26. The van der Waals surface area contributed by atoms with E-state index < -0.39 is 76.8 Å². The van der Waals surface area contributed by atoms with Crippen LogP contribution in [0.25, 0.3) is 0 Å². The van der Waals surface area contributed by atoms with Crippen LogP contribution in [0.4, 0.5) is 0 Å². The predicted molar refractivity (Wildman–Crippen MR) is 109 cm³/mol. The molecule has 0 saturated heterocycles. The molecule has 28 heavy (non-hydrogen) atoms. The van der Waals surface area contributed by atoms with Crippen molar-refractivity contribution in [1.29, 1.82) is 0 Å². The van der Waals surface area contributed by atoms with Gasteiger partial charge in [-0.2, -0.15) is 0 Å². The normalized spacial score (nSPS) is 20.1. The summed E-state index contributed by atoms with van der Waals surface area (Å²) in [6.07, 6.45) is 0.245. The molecule has 7 nitrogen and oxygen atoms in total. The summed E-state index contributed by atoms with van der Waals surface area (Å²) in [6, 6.07) is 0.536. The molecule has 8 heteroatoms. The molecule has 2 rings (SSSR count). The molecular weight excluding hydrogens is 380 g/mol. The molecule has 0 aromatic heterocycles. The van der Waals surface area contributed by atoms with Crippen molar-refractivity contribution in [2.45, 2.75) is 31.1 Å². The molecule has 0 aliphatic carbocycles. The van der Waals surface area contributed by atoms with Gasteiger partial charge >= 0.3 is 0 Å². The molecule has 0 aliphatic rings. The van der Waals surface area contributed by atoms with E-state index in [1.807, 2.05) is 0 Å². The van der Waals surface area contributed by atoms with Gasteiger partial charge in [0.2, 0.25) is 10.0 Å². The lowest BCUT2D eigenvalue weighted by Crippen LogP contribution is -2.32. The first-order valence-electron chi connectivity index (χ1n) is 14.1. The van der Waals surface area contributed by atoms with E-state index in [4.69, 9.17) is 35.8 Å². The number of methoxy groups -OCH3 is 1. The van der Waals surface area contributed by atoms with Crippen LogP contribution in [0.2, 0.25) is 0 Å². The molecule has 0 radical (unpaired) electrons. The molecule has 0 amide bonds. The van der Waals surface area contributed by atoms with Crippen LogP contribution in [0.3, 0.4) is 0 Å². The summed E-state index contributed by atoms with van der Waals surface area (Å²) in [4.78, 5) is -0.501. The number of primary sulfonamides is 1. The minimum atomic E-state index is -4.31. The first kappa shape index (κ1) is 10.5. The van der Waals surface area contributed by atoms with E-state index in [2.05, 4.69) is 5.32 Å². The maximum Gasteiger partial charge on any atom is 0.241 e. The van der Waals surface area contributed by atoms with Gasteiger partial charge in [-0.3, -0.25) is 0 Å². The summed E-state index contributed by atoms with van der Waals surface area (Å²) in [5.74, 6) is -1.79. The topological polar surface area (TPSA) is 99.9 Å². The summed E-state index contributed by atoms with van der Waals surface area (Å²) in [5.41, 5.74) is 0.475. The third-order valence-corrected chi connectivity index (χ3v) is 4.51. The van der Waals surface area contributed by atoms with Crippen LogP contribution in [-0.2, 0) is 16.4 Å². The number of para-hydroxylation sites is 2. The van der Waals surface area contributed by atoms with Gasteiger partial charge in [0.25, 0.3) is 0 Å². The average molecular weight is 421 g/mol. The van der Waals surface area contributed by atoms with E-state index >= 15 is 0 Å². The van der Waals surface area contributed by atoms with Crippen molar-refractivity contribution in [3.63, 3.8) is 0 Å². The van der Waals surface area contributed by atoms with Gasteiger partial charge < -0.3 is 19.5 Å². The van der Waals surface area contributed by atoms with Crippen molar-refractivity contribution < 1.29 is 39.1 Å². The number of benzene rings is 2. The minimum absolute atomic E-state index is 0.0811. The lowest BCUT2D eigenvalue weighted by molar-refractivity contribution is 0.272. The number of hydrogen-bond acceptors (Lipinski definition) is 6. The highest BCUT2D eigenvalue weighted by Gasteiger charge is 2.16. The summed E-state index contributed by atoms with van der Waals surface area (Å²) in [5, 5.41) is 8.24. The van der Waals surface area contributed by atoms with Gasteiger partial charge in [0.1, 0.15) is 17.3 Å². The van der Waals surface area contributed by atoms with Gasteiger partial charge in [0.15, 0.2) is 11.5 Å². The SMILES string of the molecule is [2H]c1c([2H])c([2H])c(OC([2H])([2H])C([2H])([2H])[2H])c(OCCN[C@H](C)Cc2ccc(OC([2H])([2H])[2H])c(S(N)(=O)=O)c2)c1[2H]. The van der Waals surface area contributed by atoms with E-state index in [1.165, 1.54) is 18.2 Å². The number of rotatable bonds is 11. The summed E-state index contributed by atoms with van der Waals surface area (Å²) in [7, 11) is -7.20. The Hall–Kier alpha value is -2.29. The summed E-state index contributed by atoms with van der Waals surface area (Å²) >= 11 is 0. The molecular formula is C20H28N2O5S. The third-order valence-electron chi connectivity index (χ3n) is 3.58. The fourth-order valence-corrected chi connectivity index (χ4v) is 3.09. The first-order chi connectivity index (χ1) is 18.0. The summed E-state index contributed by atoms with van der Waals surface area (Å²) in [6.45, 7) is -4.95. The second-order valence-electron chi connectivity index (χ2n) is 5.70. The minimum Gasteiger partial charge on any atom is -0.495 e. The maximum atomic E-state index is 12.0. The Morgan fingerprint density at radius 1 is 1.25 bits per heavy atom. The van der Waals surface area contributed by atoms with E-state index in [0.29, 0.717) is 5.56 Å². The van der Waals surface area contributed by atoms with Crippen LogP contribution in [0.1, 0.15) is 35.8 Å². The first-order valence-corrected chi connectivity index (χ1v) is 9.60. The van der Waals surface area contributed by atoms with E-state index in [0.717, 1.165) is 0 Å². The van der Waals surface area contributed by atoms with Crippen LogP contribution in [0.15, 0.2) is 47.3 Å². The Morgan fingerprint density at radius 3 is 2.68 bits per heavy atom. The molecule has 0 heterocycles. The Labute approximate surface area is 183 Å². The fourth-order valence-electron chi connectivity index (χ4n) is 2.38. The largest absolute Gasteiger partial charge is 0.495 e. The molecule has 0 aliphatic heterocycles. The number of sulfonamides is 1. The van der Waals surface area contributed by atoms with Crippen LogP contribution >= 0.6 is 0 Å². The Balaban J connectivity index is 2.15. The number of nitrogens with one attached hydrogen (secondary N) is 1. The third kappa shape index (κ3) is 6.40. The predicted octanol–water partition coefficient (Wildman–Crippen LogP) is 2.34. The second-order valence-corrected chi connectivity index (χ2v) is 7.23. The standard InChI is InChI=1S/C20H28N2O5S/c1-4-26-17-7-5-6-8-18(17)27-12-11-22-15(2)13-16-9-10-19(25-3)20(14-16)28(21,23)24/h5-10,14-15,22H,4,11-13H2,1-3H3,(H2,21,23,24)/t15-/m1/s1/i1D3,3D3,4D2,5D,6D,7D,8D. The van der Waals surface area contributed by atoms with Crippen molar-refractivity contribution in [2.75, 3.05) is 26.7 Å². The van der Waals surface area contributed by atoms with Gasteiger partial charge in [0, 0.05) is 16.7 Å². The Kier molecular flexibility index (Phi) is 3.86. The fraction of sp³-hybridized carbons (Fsp3) is 0.400. The second kappa shape index (κ2) is 10.3. The lowest BCUT2D eigenvalue weighted by atomic mass is 10.1. The summed E-state index contributed by atoms with van der Waals surface area (Å²) < 4.78 is 129. The van der Waals surface area contributed by atoms with Gasteiger partial charge in [-0.05, 0) is 50.0 Å². The zero-order chi connectivity index (χ0) is 30.8. The number of ether oxygens (including phenoxy) is 3. The zero-order valence-corrected chi connectivity index (χ0v) is 15.8. The molecule has 154 valence electrons. The molecule has 3 N–H and O–H groups in total. The van der Waals surface area contributed by atoms with E-state index in [-0.39, 0.29) is 25.6 Å². The highest BCUT2D eigenvalue weighted by molar-refractivity contribution is 7.89. The molecule has 0 saturated carbocycles. The van der Waals surface area contributed by atoms with Crippen molar-refractivity contribution in [3.8, 4) is 17.2 Å². The smallest absolute Gasteiger partial charge is 0.241 e. The van der Waals surface area contributed by atoms with Crippen molar-refractivity contribution in [3.05, 3.63) is 47.9 Å². The van der Waals surface area contributed by atoms with Gasteiger partial charge in [-0.25, -0.2) is 13.6 Å². The van der Waals surface area contributed by atoms with Gasteiger partial charge in [0.05, 0.1) is 25.9 Å². The van der Waals surface area contributed by atoms with Crippen molar-refractivity contribution in [1.82, 2.24) is 5.32 Å². The van der Waals surface area contributed by atoms with Gasteiger partial charge in [-0.15, -0.1) is 0 Å². The van der Waals surface area contributed by atoms with Crippen molar-refractivity contribution in [2.24, 2.45) is 5.14 Å². The average Bonchev–Trinajstić information content (AvgIpc) is 2.79. The maximum absolute atomic E-state index is 12.0. The van der Waals surface area contributed by atoms with Crippen molar-refractivity contribution >= 4 is 10.0 Å². The quantitative estimate of drug-likeness (QED) is 0.541. The van der Waals surface area contributed by atoms with Crippen LogP contribution in [-0.4, -0.2) is 41.2 Å². The molecule has 2 aromatic carbocycles. The number of nitrogens with two attached hydrogens (primary N) is 1. The van der Waals surface area contributed by atoms with Crippen LogP contribution in [0.5, 0.6) is 17.2 Å². The Morgan fingerprint density at radius 2 is 2.00 bits per heavy atom. The van der Waals surface area contributed by atoms with Crippen LogP contribution < -0.4 is 24.7 Å². The lowest BCUT2D eigenvalue weighted by Gasteiger charge is -2.16. The zero-order valence-electron chi connectivity index (χ0n) is 27.0. The molecule has 2 aromatic rings. The monoisotopic (exact) mass is 420 g/mol. The van der Waals surface area contributed by atoms with E-state index in [1.54, 1.807) is 6.92 Å². The molecule has 0 unspecified atom stereocenters.